The van der Waals surface area contributed by atoms with E-state index in [1.165, 1.54) is 25.5 Å². The van der Waals surface area contributed by atoms with Crippen LogP contribution in [-0.2, 0) is 14.3 Å². The molecule has 2 aromatic rings. The van der Waals surface area contributed by atoms with Gasteiger partial charge >= 0.3 is 5.97 Å². The highest BCUT2D eigenvalue weighted by Crippen LogP contribution is 2.20. The van der Waals surface area contributed by atoms with E-state index < -0.39 is 24.4 Å². The minimum atomic E-state index is -0.657. The Hall–Kier alpha value is -2.93. The molecule has 0 atom stereocenters. The molecule has 0 fully saturated rings. The van der Waals surface area contributed by atoms with E-state index in [9.17, 15) is 14.4 Å². The predicted octanol–water partition coefficient (Wildman–Crippen LogP) is 1.99. The molecular weight excluding hydrogens is 346 g/mol. The molecule has 0 aliphatic carbocycles. The van der Waals surface area contributed by atoms with Crippen LogP contribution in [0.1, 0.15) is 10.4 Å². The molecule has 0 unspecified atom stereocenters. The molecular formula is C17H16ClN3O4. The quantitative estimate of drug-likeness (QED) is 0.795. The maximum absolute atomic E-state index is 12.0. The fourth-order valence-electron chi connectivity index (χ4n) is 1.86. The van der Waals surface area contributed by atoms with Crippen molar-refractivity contribution in [2.75, 3.05) is 25.5 Å². The average Bonchev–Trinajstić information content (AvgIpc) is 2.62. The summed E-state index contributed by atoms with van der Waals surface area (Å²) in [6.45, 7) is -0.669. The van der Waals surface area contributed by atoms with E-state index in [-0.39, 0.29) is 12.1 Å². The third-order valence-corrected chi connectivity index (χ3v) is 3.51. The summed E-state index contributed by atoms with van der Waals surface area (Å²) < 4.78 is 4.91. The number of aromatic nitrogens is 1. The summed E-state index contributed by atoms with van der Waals surface area (Å²) >= 11 is 5.95. The first-order valence-corrected chi connectivity index (χ1v) is 7.70. The Kier molecular flexibility index (Phi) is 6.47. The number of nitrogens with zero attached hydrogens (tertiary/aromatic N) is 2. The summed E-state index contributed by atoms with van der Waals surface area (Å²) in [5, 5.41) is 3.00. The number of carbonyl (C=O) groups excluding carboxylic acids is 3. The molecule has 1 N–H and O–H groups in total. The number of ether oxygens (including phenoxy) is 1. The summed E-state index contributed by atoms with van der Waals surface area (Å²) in [5.41, 5.74) is 0.701. The van der Waals surface area contributed by atoms with E-state index in [0.717, 1.165) is 4.90 Å². The lowest BCUT2D eigenvalue weighted by Gasteiger charge is -2.17. The molecule has 7 nitrogen and oxygen atoms in total. The van der Waals surface area contributed by atoms with Crippen LogP contribution in [0.15, 0.2) is 48.8 Å². The van der Waals surface area contributed by atoms with Crippen LogP contribution in [-0.4, -0.2) is 47.9 Å². The smallest absolute Gasteiger partial charge is 0.340 e. The average molecular weight is 362 g/mol. The Morgan fingerprint density at radius 2 is 1.96 bits per heavy atom. The van der Waals surface area contributed by atoms with Gasteiger partial charge in [-0.2, -0.15) is 0 Å². The number of para-hydroxylation sites is 1. The monoisotopic (exact) mass is 361 g/mol. The van der Waals surface area contributed by atoms with Crippen molar-refractivity contribution in [1.82, 2.24) is 9.88 Å². The number of hydrogen-bond donors (Lipinski definition) is 1. The Labute approximate surface area is 149 Å². The maximum atomic E-state index is 12.0. The Morgan fingerprint density at radius 1 is 1.20 bits per heavy atom. The molecule has 0 aliphatic heterocycles. The first kappa shape index (κ1) is 18.4. The zero-order chi connectivity index (χ0) is 18.2. The summed E-state index contributed by atoms with van der Waals surface area (Å²) in [4.78, 5) is 40.6. The molecule has 8 heteroatoms. The van der Waals surface area contributed by atoms with Gasteiger partial charge in [-0.15, -0.1) is 0 Å². The predicted molar refractivity (Wildman–Crippen MR) is 92.2 cm³/mol. The van der Waals surface area contributed by atoms with Gasteiger partial charge in [-0.05, 0) is 24.3 Å². The number of rotatable bonds is 6. The zero-order valence-electron chi connectivity index (χ0n) is 13.4. The topological polar surface area (TPSA) is 88.6 Å². The number of hydrogen-bond acceptors (Lipinski definition) is 5. The van der Waals surface area contributed by atoms with Crippen molar-refractivity contribution >= 4 is 35.1 Å². The molecule has 0 saturated carbocycles. The SMILES string of the molecule is CN(CC(=O)Nc1ccccc1Cl)C(=O)COC(=O)c1cccnc1. The van der Waals surface area contributed by atoms with E-state index in [1.807, 2.05) is 0 Å². The van der Waals surface area contributed by atoms with Gasteiger partial charge in [-0.3, -0.25) is 14.6 Å². The molecule has 2 amide bonds. The van der Waals surface area contributed by atoms with Crippen LogP contribution in [0, 0.1) is 0 Å². The van der Waals surface area contributed by atoms with E-state index in [0.29, 0.717) is 10.7 Å². The summed E-state index contributed by atoms with van der Waals surface area (Å²) in [7, 11) is 1.44. The second kappa shape index (κ2) is 8.79. The van der Waals surface area contributed by atoms with Crippen LogP contribution in [0.5, 0.6) is 0 Å². The number of amides is 2. The van der Waals surface area contributed by atoms with Crippen LogP contribution in [0.3, 0.4) is 0 Å². The van der Waals surface area contributed by atoms with Crippen LogP contribution < -0.4 is 5.32 Å². The molecule has 0 bridgehead atoms. The highest BCUT2D eigenvalue weighted by atomic mass is 35.5. The number of benzene rings is 1. The number of pyridine rings is 1. The third-order valence-electron chi connectivity index (χ3n) is 3.18. The van der Waals surface area contributed by atoms with Crippen molar-refractivity contribution in [3.8, 4) is 0 Å². The first-order chi connectivity index (χ1) is 12.0. The fraction of sp³-hybridized carbons (Fsp3) is 0.176. The van der Waals surface area contributed by atoms with E-state index >= 15 is 0 Å². The molecule has 0 radical (unpaired) electrons. The third kappa shape index (κ3) is 5.58. The zero-order valence-corrected chi connectivity index (χ0v) is 14.2. The number of halogens is 1. The van der Waals surface area contributed by atoms with Crippen LogP contribution in [0.25, 0.3) is 0 Å². The lowest BCUT2D eigenvalue weighted by atomic mass is 10.3. The van der Waals surface area contributed by atoms with Gasteiger partial charge in [0.2, 0.25) is 5.91 Å². The van der Waals surface area contributed by atoms with Crippen molar-refractivity contribution in [3.05, 3.63) is 59.4 Å². The number of carbonyl (C=O) groups is 3. The van der Waals surface area contributed by atoms with Crippen molar-refractivity contribution in [3.63, 3.8) is 0 Å². The number of anilines is 1. The molecule has 2 rings (SSSR count). The normalized spacial score (nSPS) is 10.0. The van der Waals surface area contributed by atoms with Crippen molar-refractivity contribution in [2.45, 2.75) is 0 Å². The highest BCUT2D eigenvalue weighted by molar-refractivity contribution is 6.33. The molecule has 25 heavy (non-hydrogen) atoms. The van der Waals surface area contributed by atoms with Crippen LogP contribution >= 0.6 is 11.6 Å². The van der Waals surface area contributed by atoms with Gasteiger partial charge < -0.3 is 15.0 Å². The number of esters is 1. The minimum Gasteiger partial charge on any atom is -0.452 e. The number of likely N-dealkylation sites (N-methyl/N-ethyl adjacent to an activating group) is 1. The maximum Gasteiger partial charge on any atom is 0.340 e. The largest absolute Gasteiger partial charge is 0.452 e. The van der Waals surface area contributed by atoms with E-state index in [4.69, 9.17) is 16.3 Å². The molecule has 130 valence electrons. The van der Waals surface area contributed by atoms with Gasteiger partial charge in [0.25, 0.3) is 5.91 Å². The van der Waals surface area contributed by atoms with Crippen LogP contribution in [0.4, 0.5) is 5.69 Å². The summed E-state index contributed by atoms with van der Waals surface area (Å²) in [5.74, 6) is -1.58. The second-order valence-electron chi connectivity index (χ2n) is 5.10. The second-order valence-corrected chi connectivity index (χ2v) is 5.50. The summed E-state index contributed by atoms with van der Waals surface area (Å²) in [6.07, 6.45) is 2.86. The highest BCUT2D eigenvalue weighted by Gasteiger charge is 2.16. The van der Waals surface area contributed by atoms with Gasteiger partial charge in [0.15, 0.2) is 6.61 Å². The molecule has 1 aromatic heterocycles. The summed E-state index contributed by atoms with van der Waals surface area (Å²) in [6, 6.07) is 9.88. The van der Waals surface area contributed by atoms with E-state index in [2.05, 4.69) is 10.3 Å². The molecule has 1 heterocycles. The van der Waals surface area contributed by atoms with E-state index in [1.54, 1.807) is 30.3 Å². The fourth-order valence-corrected chi connectivity index (χ4v) is 2.04. The van der Waals surface area contributed by atoms with Crippen molar-refractivity contribution in [2.24, 2.45) is 0 Å². The molecule has 0 spiro atoms. The standard InChI is InChI=1S/C17H16ClN3O4/c1-21(10-15(22)20-14-7-3-2-6-13(14)18)16(23)11-25-17(24)12-5-4-8-19-9-12/h2-9H,10-11H2,1H3,(H,20,22). The van der Waals surface area contributed by atoms with Crippen molar-refractivity contribution in [1.29, 1.82) is 0 Å². The first-order valence-electron chi connectivity index (χ1n) is 7.33. The van der Waals surface area contributed by atoms with Gasteiger partial charge in [0.1, 0.15) is 0 Å². The molecule has 1 aromatic carbocycles. The minimum absolute atomic E-state index is 0.200. The molecule has 0 saturated heterocycles. The molecule has 0 aliphatic rings. The van der Waals surface area contributed by atoms with Gasteiger partial charge in [0, 0.05) is 19.4 Å². The Bertz CT molecular complexity index is 767. The Balaban J connectivity index is 1.81. The van der Waals surface area contributed by atoms with Gasteiger partial charge in [-0.25, -0.2) is 4.79 Å². The lowest BCUT2D eigenvalue weighted by Crippen LogP contribution is -2.37. The Morgan fingerprint density at radius 3 is 2.64 bits per heavy atom. The van der Waals surface area contributed by atoms with Crippen molar-refractivity contribution < 1.29 is 19.1 Å². The van der Waals surface area contributed by atoms with Crippen LogP contribution in [0.2, 0.25) is 5.02 Å². The van der Waals surface area contributed by atoms with Gasteiger partial charge in [-0.1, -0.05) is 23.7 Å². The van der Waals surface area contributed by atoms with Gasteiger partial charge in [0.05, 0.1) is 22.8 Å². The number of nitrogens with one attached hydrogen (secondary N) is 1. The lowest BCUT2D eigenvalue weighted by molar-refractivity contribution is -0.136.